The Bertz CT molecular complexity index is 844. The van der Waals surface area contributed by atoms with Crippen LogP contribution in [-0.4, -0.2) is 26.4 Å². The van der Waals surface area contributed by atoms with Gasteiger partial charge in [-0.3, -0.25) is 4.79 Å². The molecule has 0 fully saturated rings. The Kier molecular flexibility index (Phi) is 6.56. The van der Waals surface area contributed by atoms with Crippen LogP contribution >= 0.6 is 0 Å². The monoisotopic (exact) mass is 374 g/mol. The third kappa shape index (κ3) is 5.16. The first-order valence-corrected chi connectivity index (χ1v) is 10.4. The Morgan fingerprint density at radius 1 is 1.04 bits per heavy atom. The summed E-state index contributed by atoms with van der Waals surface area (Å²) in [5.41, 5.74) is 6.77. The van der Waals surface area contributed by atoms with Crippen LogP contribution in [-0.2, 0) is 15.6 Å². The van der Waals surface area contributed by atoms with Gasteiger partial charge in [0.1, 0.15) is 0 Å². The van der Waals surface area contributed by atoms with Crippen LogP contribution in [0.3, 0.4) is 0 Å². The average Bonchev–Trinajstić information content (AvgIpc) is 2.66. The van der Waals surface area contributed by atoms with E-state index in [1.54, 1.807) is 36.4 Å². The first-order valence-electron chi connectivity index (χ1n) is 8.73. The van der Waals surface area contributed by atoms with E-state index < -0.39 is 15.4 Å². The number of hydrogen-bond donors (Lipinski definition) is 2. The van der Waals surface area contributed by atoms with E-state index in [0.717, 1.165) is 12.8 Å². The minimum atomic E-state index is -3.53. The molecule has 0 spiro atoms. The Labute approximate surface area is 155 Å². The van der Waals surface area contributed by atoms with Gasteiger partial charge in [0.05, 0.1) is 10.6 Å². The second-order valence-corrected chi connectivity index (χ2v) is 8.51. The summed E-state index contributed by atoms with van der Waals surface area (Å²) >= 11 is 0. The van der Waals surface area contributed by atoms with E-state index in [1.165, 1.54) is 12.1 Å². The van der Waals surface area contributed by atoms with Crippen molar-refractivity contribution in [3.05, 3.63) is 65.7 Å². The zero-order valence-corrected chi connectivity index (χ0v) is 16.1. The molecule has 2 aromatic rings. The molecule has 6 heteroatoms. The number of carbonyl (C=O) groups excluding carboxylic acids is 1. The Hall–Kier alpha value is -2.18. The first-order chi connectivity index (χ1) is 12.3. The predicted molar refractivity (Wildman–Crippen MR) is 104 cm³/mol. The summed E-state index contributed by atoms with van der Waals surface area (Å²) in [6, 6.07) is 15.1. The van der Waals surface area contributed by atoms with E-state index in [-0.39, 0.29) is 16.6 Å². The average molecular weight is 375 g/mol. The lowest BCUT2D eigenvalue weighted by molar-refractivity contribution is 0.0942. The molecular formula is C20H26N2O3S. The summed E-state index contributed by atoms with van der Waals surface area (Å²) in [5, 5.41) is 2.81. The Balaban J connectivity index is 2.15. The lowest BCUT2D eigenvalue weighted by Gasteiger charge is -2.26. The predicted octanol–water partition coefficient (Wildman–Crippen LogP) is 2.91. The Morgan fingerprint density at radius 3 is 2.31 bits per heavy atom. The van der Waals surface area contributed by atoms with Gasteiger partial charge in [-0.1, -0.05) is 50.2 Å². The summed E-state index contributed by atoms with van der Waals surface area (Å²) in [6.07, 6.45) is 1.49. The number of nitrogens with one attached hydrogen (secondary N) is 1. The van der Waals surface area contributed by atoms with Crippen LogP contribution in [0.15, 0.2) is 59.5 Å². The van der Waals surface area contributed by atoms with Crippen LogP contribution in [0.1, 0.15) is 42.6 Å². The number of rotatable bonds is 8. The van der Waals surface area contributed by atoms with Gasteiger partial charge in [-0.2, -0.15) is 0 Å². The van der Waals surface area contributed by atoms with Crippen LogP contribution in [0.4, 0.5) is 0 Å². The molecule has 0 saturated carbocycles. The van der Waals surface area contributed by atoms with Crippen molar-refractivity contribution in [3.8, 4) is 0 Å². The standard InChI is InChI=1S/C20H26N2O3S/c1-3-20(21,4-2)15-22-19(23)17-11-8-12-18(13-17)26(24,25)14-16-9-6-5-7-10-16/h5-13H,3-4,14-15,21H2,1-2H3,(H,22,23). The fourth-order valence-corrected chi connectivity index (χ4v) is 3.96. The molecule has 0 radical (unpaired) electrons. The summed E-state index contributed by atoms with van der Waals surface area (Å²) < 4.78 is 25.3. The molecule has 2 aromatic carbocycles. The highest BCUT2D eigenvalue weighted by atomic mass is 32.2. The zero-order valence-electron chi connectivity index (χ0n) is 15.2. The highest BCUT2D eigenvalue weighted by molar-refractivity contribution is 7.90. The number of nitrogens with two attached hydrogens (primary N) is 1. The van der Waals surface area contributed by atoms with Crippen molar-refractivity contribution in [1.29, 1.82) is 0 Å². The van der Waals surface area contributed by atoms with E-state index in [2.05, 4.69) is 5.32 Å². The van der Waals surface area contributed by atoms with Crippen molar-refractivity contribution in [1.82, 2.24) is 5.32 Å². The molecule has 0 aliphatic heterocycles. The number of hydrogen-bond acceptors (Lipinski definition) is 4. The van der Waals surface area contributed by atoms with Gasteiger partial charge < -0.3 is 11.1 Å². The minimum Gasteiger partial charge on any atom is -0.350 e. The summed E-state index contributed by atoms with van der Waals surface area (Å²) in [6.45, 7) is 4.30. The molecule has 0 bridgehead atoms. The maximum absolute atomic E-state index is 12.6. The highest BCUT2D eigenvalue weighted by Gasteiger charge is 2.22. The smallest absolute Gasteiger partial charge is 0.251 e. The van der Waals surface area contributed by atoms with Crippen molar-refractivity contribution in [2.45, 2.75) is 42.9 Å². The fourth-order valence-electron chi connectivity index (χ4n) is 2.57. The molecule has 0 aromatic heterocycles. The SMILES string of the molecule is CCC(N)(CC)CNC(=O)c1cccc(S(=O)(=O)Cc2ccccc2)c1. The van der Waals surface area contributed by atoms with Crippen LogP contribution in [0.2, 0.25) is 0 Å². The molecule has 1 amide bonds. The van der Waals surface area contributed by atoms with Crippen molar-refractivity contribution >= 4 is 15.7 Å². The molecule has 3 N–H and O–H groups in total. The molecule has 2 rings (SSSR count). The number of benzene rings is 2. The molecule has 140 valence electrons. The maximum atomic E-state index is 12.6. The molecule has 0 aliphatic carbocycles. The van der Waals surface area contributed by atoms with Gasteiger partial charge in [0.2, 0.25) is 0 Å². The van der Waals surface area contributed by atoms with E-state index >= 15 is 0 Å². The summed E-state index contributed by atoms with van der Waals surface area (Å²) in [7, 11) is -3.53. The van der Waals surface area contributed by atoms with E-state index in [4.69, 9.17) is 5.73 Å². The molecule has 26 heavy (non-hydrogen) atoms. The van der Waals surface area contributed by atoms with Crippen molar-refractivity contribution < 1.29 is 13.2 Å². The van der Waals surface area contributed by atoms with Gasteiger partial charge in [-0.25, -0.2) is 8.42 Å². The second kappa shape index (κ2) is 8.47. The van der Waals surface area contributed by atoms with Gasteiger partial charge in [-0.05, 0) is 36.6 Å². The van der Waals surface area contributed by atoms with Gasteiger partial charge in [0.15, 0.2) is 9.84 Å². The van der Waals surface area contributed by atoms with Gasteiger partial charge in [0.25, 0.3) is 5.91 Å². The molecule has 0 heterocycles. The molecule has 0 atom stereocenters. The molecular weight excluding hydrogens is 348 g/mol. The lowest BCUT2D eigenvalue weighted by Crippen LogP contribution is -2.49. The van der Waals surface area contributed by atoms with Gasteiger partial charge >= 0.3 is 0 Å². The second-order valence-electron chi connectivity index (χ2n) is 6.52. The van der Waals surface area contributed by atoms with E-state index in [9.17, 15) is 13.2 Å². The highest BCUT2D eigenvalue weighted by Crippen LogP contribution is 2.18. The van der Waals surface area contributed by atoms with Crippen LogP contribution in [0.25, 0.3) is 0 Å². The molecule has 0 saturated heterocycles. The molecule has 0 unspecified atom stereocenters. The topological polar surface area (TPSA) is 89.3 Å². The quantitative estimate of drug-likeness (QED) is 0.743. The lowest BCUT2D eigenvalue weighted by atomic mass is 9.94. The third-order valence-electron chi connectivity index (χ3n) is 4.66. The van der Waals surface area contributed by atoms with Gasteiger partial charge in [-0.15, -0.1) is 0 Å². The largest absolute Gasteiger partial charge is 0.350 e. The number of amides is 1. The third-order valence-corrected chi connectivity index (χ3v) is 6.35. The number of carbonyl (C=O) groups is 1. The van der Waals surface area contributed by atoms with E-state index in [1.807, 2.05) is 19.9 Å². The van der Waals surface area contributed by atoms with Crippen molar-refractivity contribution in [2.24, 2.45) is 5.73 Å². The van der Waals surface area contributed by atoms with Gasteiger partial charge in [0, 0.05) is 17.6 Å². The van der Waals surface area contributed by atoms with Crippen molar-refractivity contribution in [3.63, 3.8) is 0 Å². The zero-order chi connectivity index (χ0) is 19.2. The summed E-state index contributed by atoms with van der Waals surface area (Å²) in [5.74, 6) is -0.422. The van der Waals surface area contributed by atoms with Crippen LogP contribution < -0.4 is 11.1 Å². The van der Waals surface area contributed by atoms with Crippen molar-refractivity contribution in [2.75, 3.05) is 6.54 Å². The fraction of sp³-hybridized carbons (Fsp3) is 0.350. The normalized spacial score (nSPS) is 12.0. The van der Waals surface area contributed by atoms with Crippen LogP contribution in [0, 0.1) is 0 Å². The first kappa shape index (κ1) is 20.1. The maximum Gasteiger partial charge on any atom is 0.251 e. The molecule has 0 aliphatic rings. The summed E-state index contributed by atoms with van der Waals surface area (Å²) in [4.78, 5) is 12.5. The van der Waals surface area contributed by atoms with Crippen LogP contribution in [0.5, 0.6) is 0 Å². The number of sulfone groups is 1. The van der Waals surface area contributed by atoms with E-state index in [0.29, 0.717) is 17.7 Å². The molecule has 5 nitrogen and oxygen atoms in total. The minimum absolute atomic E-state index is 0.101. The Morgan fingerprint density at radius 2 is 1.69 bits per heavy atom.